The van der Waals surface area contributed by atoms with Crippen molar-refractivity contribution in [3.05, 3.63) is 0 Å². The number of hydrogen-bond donors (Lipinski definition) is 2. The Labute approximate surface area is 240 Å². The summed E-state index contributed by atoms with van der Waals surface area (Å²) in [7, 11) is 0. The second-order valence-corrected chi connectivity index (χ2v) is 12.4. The third-order valence-corrected chi connectivity index (χ3v) is 7.37. The van der Waals surface area contributed by atoms with Crippen LogP contribution >= 0.6 is 0 Å². The van der Waals surface area contributed by atoms with Crippen LogP contribution in [-0.4, -0.2) is 35.6 Å². The quantitative estimate of drug-likeness (QED) is 0.0745. The number of hydrogen-bond acceptors (Lipinski definition) is 4. The average molecular weight is 554 g/mol. The number of ether oxygens (including phenoxy) is 1. The maximum Gasteiger partial charge on any atom is 0.322 e. The highest BCUT2D eigenvalue weighted by atomic mass is 16.5. The number of unbranched alkanes of at least 4 members (excludes halogenated alkanes) is 15. The summed E-state index contributed by atoms with van der Waals surface area (Å²) in [6.45, 7) is 8.72. The highest BCUT2D eigenvalue weighted by Gasteiger charge is 2.18. The van der Waals surface area contributed by atoms with Crippen LogP contribution in [0.15, 0.2) is 0 Å². The van der Waals surface area contributed by atoms with E-state index in [1.165, 1.54) is 83.5 Å². The Morgan fingerprint density at radius 1 is 0.590 bits per heavy atom. The molecular weight excluding hydrogens is 490 g/mol. The topological polar surface area (TPSA) is 92.7 Å². The summed E-state index contributed by atoms with van der Waals surface area (Å²) in [6, 6.07) is 0. The summed E-state index contributed by atoms with van der Waals surface area (Å²) in [5.74, 6) is -0.0848. The molecule has 0 fully saturated rings. The molecule has 1 amide bonds. The molecule has 0 radical (unpaired) electrons. The van der Waals surface area contributed by atoms with Gasteiger partial charge in [0, 0.05) is 6.42 Å². The maximum atomic E-state index is 12.4. The van der Waals surface area contributed by atoms with Gasteiger partial charge in [-0.05, 0) is 31.1 Å². The summed E-state index contributed by atoms with van der Waals surface area (Å²) in [4.78, 5) is 35.3. The van der Waals surface area contributed by atoms with Crippen LogP contribution in [0, 0.1) is 11.8 Å². The molecule has 0 heterocycles. The first-order valence-corrected chi connectivity index (χ1v) is 16.4. The van der Waals surface area contributed by atoms with Gasteiger partial charge in [0.2, 0.25) is 5.91 Å². The second-order valence-electron chi connectivity index (χ2n) is 12.4. The monoisotopic (exact) mass is 553 g/mol. The first-order valence-electron chi connectivity index (χ1n) is 16.4. The van der Waals surface area contributed by atoms with E-state index in [0.717, 1.165) is 50.4 Å². The summed E-state index contributed by atoms with van der Waals surface area (Å²) < 4.78 is 5.67. The van der Waals surface area contributed by atoms with E-state index in [0.29, 0.717) is 12.8 Å². The molecule has 1 atom stereocenters. The van der Waals surface area contributed by atoms with Crippen molar-refractivity contribution >= 4 is 17.8 Å². The lowest BCUT2D eigenvalue weighted by Gasteiger charge is -2.18. The van der Waals surface area contributed by atoms with Gasteiger partial charge in [-0.25, -0.2) is 0 Å². The van der Waals surface area contributed by atoms with E-state index in [-0.39, 0.29) is 18.3 Å². The SMILES string of the molecule is CC(C)CCCCCCCCCCCC(CC(=O)NCC(=O)O)OC(=O)CCCCCCCCCCC(C)C. The lowest BCUT2D eigenvalue weighted by Crippen LogP contribution is -2.33. The van der Waals surface area contributed by atoms with Gasteiger partial charge in [0.25, 0.3) is 0 Å². The van der Waals surface area contributed by atoms with E-state index >= 15 is 0 Å². The Bertz CT molecular complexity index is 605. The number of carboxylic acids is 1. The first-order chi connectivity index (χ1) is 18.7. The van der Waals surface area contributed by atoms with Crippen LogP contribution < -0.4 is 5.32 Å². The predicted molar refractivity (Wildman–Crippen MR) is 162 cm³/mol. The highest BCUT2D eigenvalue weighted by Crippen LogP contribution is 2.17. The average Bonchev–Trinajstić information content (AvgIpc) is 2.86. The molecule has 0 aromatic heterocycles. The van der Waals surface area contributed by atoms with Crippen molar-refractivity contribution in [3.8, 4) is 0 Å². The fourth-order valence-corrected chi connectivity index (χ4v) is 4.95. The van der Waals surface area contributed by atoms with Gasteiger partial charge in [0.15, 0.2) is 0 Å². The van der Waals surface area contributed by atoms with Gasteiger partial charge in [0.1, 0.15) is 12.6 Å². The van der Waals surface area contributed by atoms with Crippen molar-refractivity contribution in [2.75, 3.05) is 6.54 Å². The molecule has 230 valence electrons. The van der Waals surface area contributed by atoms with Crippen molar-refractivity contribution in [1.82, 2.24) is 5.32 Å². The van der Waals surface area contributed by atoms with Crippen molar-refractivity contribution < 1.29 is 24.2 Å². The fourth-order valence-electron chi connectivity index (χ4n) is 4.95. The van der Waals surface area contributed by atoms with Gasteiger partial charge in [-0.2, -0.15) is 0 Å². The van der Waals surface area contributed by atoms with Crippen molar-refractivity contribution in [2.24, 2.45) is 11.8 Å². The van der Waals surface area contributed by atoms with Crippen LogP contribution in [0.3, 0.4) is 0 Å². The molecule has 6 heteroatoms. The molecule has 1 unspecified atom stereocenters. The predicted octanol–water partition coefficient (Wildman–Crippen LogP) is 8.99. The lowest BCUT2D eigenvalue weighted by molar-refractivity contribution is -0.151. The van der Waals surface area contributed by atoms with Crippen LogP contribution in [0.5, 0.6) is 0 Å². The highest BCUT2D eigenvalue weighted by molar-refractivity contribution is 5.81. The van der Waals surface area contributed by atoms with E-state index in [1.54, 1.807) is 0 Å². The van der Waals surface area contributed by atoms with E-state index in [4.69, 9.17) is 9.84 Å². The molecule has 0 aromatic carbocycles. The normalized spacial score (nSPS) is 12.2. The number of rotatable bonds is 28. The van der Waals surface area contributed by atoms with E-state index < -0.39 is 18.6 Å². The van der Waals surface area contributed by atoms with Gasteiger partial charge in [-0.15, -0.1) is 0 Å². The summed E-state index contributed by atoms with van der Waals surface area (Å²) in [6.07, 6.45) is 23.7. The molecule has 2 N–H and O–H groups in total. The van der Waals surface area contributed by atoms with Crippen LogP contribution in [0.1, 0.15) is 169 Å². The summed E-state index contributed by atoms with van der Waals surface area (Å²) in [5, 5.41) is 11.2. The molecule has 0 aliphatic carbocycles. The smallest absolute Gasteiger partial charge is 0.322 e. The minimum Gasteiger partial charge on any atom is -0.480 e. The summed E-state index contributed by atoms with van der Waals surface area (Å²) in [5.41, 5.74) is 0. The molecule has 0 aliphatic rings. The van der Waals surface area contributed by atoms with Crippen LogP contribution in [0.2, 0.25) is 0 Å². The van der Waals surface area contributed by atoms with Crippen LogP contribution in [0.25, 0.3) is 0 Å². The lowest BCUT2D eigenvalue weighted by atomic mass is 10.0. The number of amides is 1. The van der Waals surface area contributed by atoms with Crippen molar-refractivity contribution in [1.29, 1.82) is 0 Å². The van der Waals surface area contributed by atoms with Crippen molar-refractivity contribution in [2.45, 2.75) is 175 Å². The molecule has 39 heavy (non-hydrogen) atoms. The fraction of sp³-hybridized carbons (Fsp3) is 0.909. The van der Waals surface area contributed by atoms with Gasteiger partial charge < -0.3 is 15.2 Å². The van der Waals surface area contributed by atoms with Crippen LogP contribution in [0.4, 0.5) is 0 Å². The number of carboxylic acid groups (broad SMARTS) is 1. The third-order valence-electron chi connectivity index (χ3n) is 7.37. The zero-order valence-corrected chi connectivity index (χ0v) is 26.1. The van der Waals surface area contributed by atoms with E-state index in [9.17, 15) is 14.4 Å². The molecule has 6 nitrogen and oxygen atoms in total. The minimum atomic E-state index is -1.08. The molecule has 0 saturated carbocycles. The summed E-state index contributed by atoms with van der Waals surface area (Å²) >= 11 is 0. The molecule has 0 saturated heterocycles. The molecule has 0 rings (SSSR count). The standard InChI is InChI=1S/C33H63NO5/c1-28(2)22-18-14-10-6-5-7-12-16-20-24-30(26-31(35)34-27-32(36)37)39-33(38)25-21-17-13-9-8-11-15-19-23-29(3)4/h28-30H,5-27H2,1-4H3,(H,34,35)(H,36,37). The Hall–Kier alpha value is -1.59. The van der Waals surface area contributed by atoms with E-state index in [1.807, 2.05) is 0 Å². The Balaban J connectivity index is 4.09. The maximum absolute atomic E-state index is 12.4. The number of esters is 1. The molecule has 0 aliphatic heterocycles. The molecule has 0 bridgehead atoms. The number of nitrogens with one attached hydrogen (secondary N) is 1. The Morgan fingerprint density at radius 3 is 1.38 bits per heavy atom. The molecule has 0 spiro atoms. The van der Waals surface area contributed by atoms with Gasteiger partial charge in [-0.3, -0.25) is 14.4 Å². The number of carbonyl (C=O) groups is 3. The zero-order valence-electron chi connectivity index (χ0n) is 26.1. The van der Waals surface area contributed by atoms with Crippen molar-refractivity contribution in [3.63, 3.8) is 0 Å². The number of carbonyl (C=O) groups excluding carboxylic acids is 2. The Morgan fingerprint density at radius 2 is 0.974 bits per heavy atom. The van der Waals surface area contributed by atoms with E-state index in [2.05, 4.69) is 33.0 Å². The molecular formula is C33H63NO5. The Kier molecular flexibility index (Phi) is 25.5. The van der Waals surface area contributed by atoms with Gasteiger partial charge in [-0.1, -0.05) is 137 Å². The third kappa shape index (κ3) is 29.2. The first kappa shape index (κ1) is 37.4. The number of aliphatic carboxylic acids is 1. The van der Waals surface area contributed by atoms with Gasteiger partial charge >= 0.3 is 11.9 Å². The molecule has 0 aromatic rings. The van der Waals surface area contributed by atoms with Gasteiger partial charge in [0.05, 0.1) is 6.42 Å². The minimum absolute atomic E-state index is 0.0339. The largest absolute Gasteiger partial charge is 0.480 e. The van der Waals surface area contributed by atoms with Crippen LogP contribution in [-0.2, 0) is 19.1 Å². The second kappa shape index (κ2) is 26.6. The zero-order chi connectivity index (χ0) is 29.1.